The van der Waals surface area contributed by atoms with Crippen LogP contribution in [0, 0.1) is 6.92 Å². The van der Waals surface area contributed by atoms with Crippen molar-refractivity contribution >= 4 is 26.9 Å². The van der Waals surface area contributed by atoms with E-state index >= 15 is 0 Å². The van der Waals surface area contributed by atoms with Crippen LogP contribution in [-0.2, 0) is 6.18 Å². The number of halogens is 4. The number of hydrogen-bond donors (Lipinski definition) is 0. The molecule has 0 radical (unpaired) electrons. The summed E-state index contributed by atoms with van der Waals surface area (Å²) in [5.74, 6) is 0.467. The second-order valence-electron chi connectivity index (χ2n) is 4.74. The minimum absolute atomic E-state index is 0.0208. The van der Waals surface area contributed by atoms with Crippen LogP contribution in [-0.4, -0.2) is 0 Å². The van der Waals surface area contributed by atoms with Crippen molar-refractivity contribution in [2.24, 2.45) is 0 Å². The van der Waals surface area contributed by atoms with Crippen LogP contribution in [0.1, 0.15) is 11.1 Å². The zero-order chi connectivity index (χ0) is 15.2. The summed E-state index contributed by atoms with van der Waals surface area (Å²) in [6.45, 7) is 1.84. The Labute approximate surface area is 127 Å². The van der Waals surface area contributed by atoms with Crippen LogP contribution >= 0.6 is 15.9 Å². The molecule has 0 saturated heterocycles. The summed E-state index contributed by atoms with van der Waals surface area (Å²) < 4.78 is 44.7. The first-order valence-corrected chi connectivity index (χ1v) is 7.02. The maximum atomic E-state index is 13.0. The third kappa shape index (κ3) is 2.46. The summed E-state index contributed by atoms with van der Waals surface area (Å²) in [4.78, 5) is 0. The Balaban J connectivity index is 2.22. The number of alkyl halides is 3. The van der Waals surface area contributed by atoms with E-state index in [0.29, 0.717) is 16.9 Å². The van der Waals surface area contributed by atoms with Crippen LogP contribution in [0.2, 0.25) is 0 Å². The van der Waals surface area contributed by atoms with Gasteiger partial charge in [0.1, 0.15) is 11.3 Å². The van der Waals surface area contributed by atoms with E-state index < -0.39 is 11.7 Å². The largest absolute Gasteiger partial charge is 0.456 e. The van der Waals surface area contributed by atoms with Crippen molar-refractivity contribution in [3.8, 4) is 11.3 Å². The number of rotatable bonds is 1. The molecule has 108 valence electrons. The molecule has 0 aliphatic heterocycles. The molecular formula is C16H10BrF3O. The summed E-state index contributed by atoms with van der Waals surface area (Å²) in [7, 11) is 0. The van der Waals surface area contributed by atoms with Gasteiger partial charge in [0.05, 0.1) is 5.56 Å². The molecule has 1 nitrogen and oxygen atoms in total. The van der Waals surface area contributed by atoms with E-state index in [9.17, 15) is 13.2 Å². The molecule has 1 heterocycles. The molecule has 0 aliphatic carbocycles. The van der Waals surface area contributed by atoms with Crippen molar-refractivity contribution in [1.82, 2.24) is 0 Å². The van der Waals surface area contributed by atoms with Gasteiger partial charge in [-0.05, 0) is 25.1 Å². The van der Waals surface area contributed by atoms with E-state index in [0.717, 1.165) is 17.0 Å². The van der Waals surface area contributed by atoms with E-state index in [1.165, 1.54) is 6.07 Å². The molecule has 3 rings (SSSR count). The quantitative estimate of drug-likeness (QED) is 0.507. The molecule has 0 spiro atoms. The molecule has 0 fully saturated rings. The van der Waals surface area contributed by atoms with E-state index in [1.807, 2.05) is 25.1 Å². The highest BCUT2D eigenvalue weighted by Crippen LogP contribution is 2.39. The van der Waals surface area contributed by atoms with E-state index in [4.69, 9.17) is 4.42 Å². The van der Waals surface area contributed by atoms with Gasteiger partial charge in [-0.3, -0.25) is 0 Å². The first-order valence-electron chi connectivity index (χ1n) is 6.23. The topological polar surface area (TPSA) is 13.1 Å². The maximum Gasteiger partial charge on any atom is 0.417 e. The van der Waals surface area contributed by atoms with Crippen LogP contribution < -0.4 is 0 Å². The van der Waals surface area contributed by atoms with E-state index in [-0.39, 0.29) is 4.47 Å². The fourth-order valence-corrected chi connectivity index (χ4v) is 2.80. The SMILES string of the molecule is Cc1c(-c2ccc(Br)c(C(F)(F)F)c2)oc2ccccc12. The van der Waals surface area contributed by atoms with Crippen molar-refractivity contribution in [1.29, 1.82) is 0 Å². The van der Waals surface area contributed by atoms with Gasteiger partial charge in [-0.2, -0.15) is 13.2 Å². The average molecular weight is 355 g/mol. The fourth-order valence-electron chi connectivity index (χ4n) is 2.33. The standard InChI is InChI=1S/C16H10BrF3O/c1-9-11-4-2-3-5-14(11)21-15(9)10-6-7-13(17)12(8-10)16(18,19)20/h2-8H,1H3. The van der Waals surface area contributed by atoms with Gasteiger partial charge in [0.25, 0.3) is 0 Å². The minimum Gasteiger partial charge on any atom is -0.456 e. The Kier molecular flexibility index (Phi) is 3.32. The zero-order valence-electron chi connectivity index (χ0n) is 11.0. The van der Waals surface area contributed by atoms with Gasteiger partial charge in [-0.15, -0.1) is 0 Å². The number of furan rings is 1. The monoisotopic (exact) mass is 354 g/mol. The molecule has 2 aromatic carbocycles. The van der Waals surface area contributed by atoms with Crippen molar-refractivity contribution < 1.29 is 17.6 Å². The van der Waals surface area contributed by atoms with Gasteiger partial charge < -0.3 is 4.42 Å². The number of fused-ring (bicyclic) bond motifs is 1. The van der Waals surface area contributed by atoms with Crippen LogP contribution in [0.5, 0.6) is 0 Å². The van der Waals surface area contributed by atoms with Crippen LogP contribution in [0.4, 0.5) is 13.2 Å². The molecule has 0 amide bonds. The number of aryl methyl sites for hydroxylation is 1. The van der Waals surface area contributed by atoms with Crippen molar-refractivity contribution in [3.63, 3.8) is 0 Å². The molecule has 0 N–H and O–H groups in total. The van der Waals surface area contributed by atoms with Gasteiger partial charge in [0, 0.05) is 21.0 Å². The molecule has 5 heteroatoms. The Hall–Kier alpha value is -1.75. The Morgan fingerprint density at radius 2 is 1.76 bits per heavy atom. The second-order valence-corrected chi connectivity index (χ2v) is 5.60. The highest BCUT2D eigenvalue weighted by atomic mass is 79.9. The highest BCUT2D eigenvalue weighted by molar-refractivity contribution is 9.10. The fraction of sp³-hybridized carbons (Fsp3) is 0.125. The normalized spacial score (nSPS) is 12.0. The third-order valence-corrected chi connectivity index (χ3v) is 4.07. The van der Waals surface area contributed by atoms with Crippen molar-refractivity contribution in [3.05, 3.63) is 58.1 Å². The van der Waals surface area contributed by atoms with Gasteiger partial charge in [-0.25, -0.2) is 0 Å². The summed E-state index contributed by atoms with van der Waals surface area (Å²) in [5, 5.41) is 0.906. The molecule has 0 unspecified atom stereocenters. The molecule has 0 atom stereocenters. The van der Waals surface area contributed by atoms with Crippen LogP contribution in [0.3, 0.4) is 0 Å². The Morgan fingerprint density at radius 1 is 1.05 bits per heavy atom. The molecule has 0 aliphatic rings. The van der Waals surface area contributed by atoms with Crippen molar-refractivity contribution in [2.45, 2.75) is 13.1 Å². The molecule has 21 heavy (non-hydrogen) atoms. The predicted molar refractivity (Wildman–Crippen MR) is 79.1 cm³/mol. The first-order chi connectivity index (χ1) is 9.88. The number of hydrogen-bond acceptors (Lipinski definition) is 1. The average Bonchev–Trinajstić information content (AvgIpc) is 2.76. The summed E-state index contributed by atoms with van der Waals surface area (Å²) in [6.07, 6.45) is -4.41. The highest BCUT2D eigenvalue weighted by Gasteiger charge is 2.33. The minimum atomic E-state index is -4.41. The summed E-state index contributed by atoms with van der Waals surface area (Å²) in [5.41, 5.74) is 1.21. The van der Waals surface area contributed by atoms with E-state index in [2.05, 4.69) is 15.9 Å². The summed E-state index contributed by atoms with van der Waals surface area (Å²) in [6, 6.07) is 11.5. The Morgan fingerprint density at radius 3 is 2.43 bits per heavy atom. The molecule has 0 bridgehead atoms. The number of benzene rings is 2. The first kappa shape index (κ1) is 14.2. The smallest absolute Gasteiger partial charge is 0.417 e. The van der Waals surface area contributed by atoms with E-state index in [1.54, 1.807) is 12.1 Å². The van der Waals surface area contributed by atoms with Crippen LogP contribution in [0.25, 0.3) is 22.3 Å². The molecule has 1 aromatic heterocycles. The third-order valence-electron chi connectivity index (χ3n) is 3.38. The lowest BCUT2D eigenvalue weighted by Gasteiger charge is -2.10. The zero-order valence-corrected chi connectivity index (χ0v) is 12.5. The number of para-hydroxylation sites is 1. The van der Waals surface area contributed by atoms with Crippen molar-refractivity contribution in [2.75, 3.05) is 0 Å². The summed E-state index contributed by atoms with van der Waals surface area (Å²) >= 11 is 2.94. The molecule has 0 saturated carbocycles. The van der Waals surface area contributed by atoms with Gasteiger partial charge in [0.15, 0.2) is 0 Å². The molecular weight excluding hydrogens is 345 g/mol. The van der Waals surface area contributed by atoms with Gasteiger partial charge in [-0.1, -0.05) is 40.2 Å². The predicted octanol–water partition coefficient (Wildman–Crippen LogP) is 6.19. The van der Waals surface area contributed by atoms with Crippen LogP contribution in [0.15, 0.2) is 51.4 Å². The second kappa shape index (κ2) is 4.91. The molecule has 3 aromatic rings. The maximum absolute atomic E-state index is 13.0. The van der Waals surface area contributed by atoms with Gasteiger partial charge >= 0.3 is 6.18 Å². The Bertz CT molecular complexity index is 818. The lowest BCUT2D eigenvalue weighted by atomic mass is 10.0. The lowest BCUT2D eigenvalue weighted by molar-refractivity contribution is -0.138. The van der Waals surface area contributed by atoms with Gasteiger partial charge in [0.2, 0.25) is 0 Å². The lowest BCUT2D eigenvalue weighted by Crippen LogP contribution is -2.06.